The fourth-order valence-corrected chi connectivity index (χ4v) is 1.05. The van der Waals surface area contributed by atoms with Crippen LogP contribution in [0.1, 0.15) is 17.7 Å². The van der Waals surface area contributed by atoms with Crippen molar-refractivity contribution in [1.29, 1.82) is 0 Å². The molecule has 0 atom stereocenters. The van der Waals surface area contributed by atoms with Crippen molar-refractivity contribution in [2.45, 2.75) is 20.3 Å². The van der Waals surface area contributed by atoms with Crippen LogP contribution in [-0.2, 0) is 0 Å². The minimum Gasteiger partial charge on any atom is -0.370 e. The smallest absolute Gasteiger partial charge is 0.126 e. The van der Waals surface area contributed by atoms with Crippen LogP contribution in [0.2, 0.25) is 0 Å². The van der Waals surface area contributed by atoms with E-state index >= 15 is 0 Å². The second-order valence-corrected chi connectivity index (χ2v) is 3.17. The predicted molar refractivity (Wildman–Crippen MR) is 55.9 cm³/mol. The Bertz CT molecular complexity index is 271. The van der Waals surface area contributed by atoms with Gasteiger partial charge >= 0.3 is 0 Å². The third-order valence-electron chi connectivity index (χ3n) is 2.04. The third kappa shape index (κ3) is 3.03. The van der Waals surface area contributed by atoms with Gasteiger partial charge in [-0.1, -0.05) is 6.07 Å². The van der Waals surface area contributed by atoms with Crippen molar-refractivity contribution in [3.8, 4) is 0 Å². The normalized spacial score (nSPS) is 10.1. The lowest BCUT2D eigenvalue weighted by atomic mass is 10.2. The van der Waals surface area contributed by atoms with Gasteiger partial charge in [-0.3, -0.25) is 0 Å². The average Bonchev–Trinajstić information content (AvgIpc) is 2.12. The van der Waals surface area contributed by atoms with Crippen LogP contribution in [0.4, 0.5) is 5.82 Å². The van der Waals surface area contributed by atoms with Gasteiger partial charge in [0.25, 0.3) is 0 Å². The molecule has 3 nitrogen and oxygen atoms in total. The predicted octanol–water partition coefficient (Wildman–Crippen LogP) is 1.46. The molecule has 3 N–H and O–H groups in total. The molecule has 0 aromatic carbocycles. The van der Waals surface area contributed by atoms with E-state index in [-0.39, 0.29) is 0 Å². The van der Waals surface area contributed by atoms with Crippen molar-refractivity contribution in [2.75, 3.05) is 18.4 Å². The molecule has 1 aromatic rings. The van der Waals surface area contributed by atoms with Gasteiger partial charge in [0.2, 0.25) is 0 Å². The van der Waals surface area contributed by atoms with Crippen molar-refractivity contribution in [3.05, 3.63) is 23.4 Å². The first-order valence-electron chi connectivity index (χ1n) is 4.62. The van der Waals surface area contributed by atoms with E-state index in [0.29, 0.717) is 0 Å². The van der Waals surface area contributed by atoms with Crippen LogP contribution in [0, 0.1) is 13.8 Å². The molecule has 1 heterocycles. The average molecular weight is 179 g/mol. The Morgan fingerprint density at radius 2 is 2.15 bits per heavy atom. The Kier molecular flexibility index (Phi) is 3.71. The maximum absolute atomic E-state index is 5.39. The van der Waals surface area contributed by atoms with Crippen LogP contribution in [0.5, 0.6) is 0 Å². The summed E-state index contributed by atoms with van der Waals surface area (Å²) in [6, 6.07) is 4.08. The van der Waals surface area contributed by atoms with Crippen LogP contribution < -0.4 is 11.1 Å². The summed E-state index contributed by atoms with van der Waals surface area (Å²) in [6.45, 7) is 5.69. The molecule has 0 fully saturated rings. The molecule has 13 heavy (non-hydrogen) atoms. The lowest BCUT2D eigenvalue weighted by molar-refractivity contribution is 0.869. The monoisotopic (exact) mass is 179 g/mol. The highest BCUT2D eigenvalue weighted by Crippen LogP contribution is 2.08. The molecule has 0 saturated heterocycles. The highest BCUT2D eigenvalue weighted by molar-refractivity contribution is 5.37. The molecule has 3 heteroatoms. The zero-order valence-corrected chi connectivity index (χ0v) is 8.30. The van der Waals surface area contributed by atoms with Crippen LogP contribution in [-0.4, -0.2) is 18.1 Å². The second-order valence-electron chi connectivity index (χ2n) is 3.17. The van der Waals surface area contributed by atoms with Crippen molar-refractivity contribution in [2.24, 2.45) is 5.73 Å². The van der Waals surface area contributed by atoms with E-state index in [1.54, 1.807) is 0 Å². The summed E-state index contributed by atoms with van der Waals surface area (Å²) < 4.78 is 0. The first-order chi connectivity index (χ1) is 6.24. The topological polar surface area (TPSA) is 50.9 Å². The molecule has 0 aliphatic carbocycles. The minimum atomic E-state index is 0.720. The van der Waals surface area contributed by atoms with Crippen molar-refractivity contribution < 1.29 is 0 Å². The number of anilines is 1. The summed E-state index contributed by atoms with van der Waals surface area (Å²) in [4.78, 5) is 4.39. The Morgan fingerprint density at radius 1 is 1.38 bits per heavy atom. The number of nitrogens with one attached hydrogen (secondary N) is 1. The summed E-state index contributed by atoms with van der Waals surface area (Å²) in [5, 5.41) is 3.22. The second kappa shape index (κ2) is 4.82. The molecule has 72 valence electrons. The number of aryl methyl sites for hydroxylation is 2. The molecule has 0 saturated carbocycles. The maximum Gasteiger partial charge on any atom is 0.126 e. The summed E-state index contributed by atoms with van der Waals surface area (Å²) in [5.41, 5.74) is 7.69. The quantitative estimate of drug-likeness (QED) is 0.688. The summed E-state index contributed by atoms with van der Waals surface area (Å²) in [5.74, 6) is 0.941. The van der Waals surface area contributed by atoms with Gasteiger partial charge in [-0.05, 0) is 38.4 Å². The zero-order chi connectivity index (χ0) is 9.68. The number of nitrogens with two attached hydrogens (primary N) is 1. The van der Waals surface area contributed by atoms with E-state index in [4.69, 9.17) is 5.73 Å². The molecule has 0 spiro atoms. The first-order valence-corrected chi connectivity index (χ1v) is 4.62. The molecule has 0 radical (unpaired) electrons. The Balaban J connectivity index is 2.53. The van der Waals surface area contributed by atoms with E-state index in [1.165, 1.54) is 5.56 Å². The molecule has 0 amide bonds. The van der Waals surface area contributed by atoms with Crippen LogP contribution in [0.3, 0.4) is 0 Å². The SMILES string of the molecule is Cc1ccc(NCCCN)nc1C. The lowest BCUT2D eigenvalue weighted by Crippen LogP contribution is -2.09. The van der Waals surface area contributed by atoms with E-state index in [0.717, 1.165) is 31.0 Å². The molecule has 0 bridgehead atoms. The number of nitrogens with zero attached hydrogens (tertiary/aromatic N) is 1. The molecular weight excluding hydrogens is 162 g/mol. The third-order valence-corrected chi connectivity index (χ3v) is 2.04. The highest BCUT2D eigenvalue weighted by atomic mass is 15.0. The maximum atomic E-state index is 5.39. The van der Waals surface area contributed by atoms with Gasteiger partial charge in [0.1, 0.15) is 5.82 Å². The van der Waals surface area contributed by atoms with Gasteiger partial charge in [0, 0.05) is 12.2 Å². The van der Waals surface area contributed by atoms with Gasteiger partial charge in [0.05, 0.1) is 0 Å². The molecule has 0 aliphatic heterocycles. The summed E-state index contributed by atoms with van der Waals surface area (Å²) in [7, 11) is 0. The highest BCUT2D eigenvalue weighted by Gasteiger charge is 1.96. The van der Waals surface area contributed by atoms with Gasteiger partial charge in [0.15, 0.2) is 0 Å². The number of pyridine rings is 1. The minimum absolute atomic E-state index is 0.720. The molecule has 1 aromatic heterocycles. The van der Waals surface area contributed by atoms with E-state index in [2.05, 4.69) is 23.3 Å². The van der Waals surface area contributed by atoms with E-state index in [9.17, 15) is 0 Å². The summed E-state index contributed by atoms with van der Waals surface area (Å²) in [6.07, 6.45) is 0.981. The van der Waals surface area contributed by atoms with Crippen molar-refractivity contribution in [1.82, 2.24) is 4.98 Å². The number of hydrogen-bond acceptors (Lipinski definition) is 3. The van der Waals surface area contributed by atoms with Crippen molar-refractivity contribution >= 4 is 5.82 Å². The van der Waals surface area contributed by atoms with E-state index < -0.39 is 0 Å². The van der Waals surface area contributed by atoms with E-state index in [1.807, 2.05) is 13.0 Å². The fourth-order valence-electron chi connectivity index (χ4n) is 1.05. The largest absolute Gasteiger partial charge is 0.370 e. The van der Waals surface area contributed by atoms with Gasteiger partial charge in [-0.25, -0.2) is 4.98 Å². The number of rotatable bonds is 4. The zero-order valence-electron chi connectivity index (χ0n) is 8.30. The van der Waals surface area contributed by atoms with Crippen LogP contribution >= 0.6 is 0 Å². The molecule has 0 aliphatic rings. The standard InChI is InChI=1S/C10H17N3/c1-8-4-5-10(13-9(8)2)12-7-3-6-11/h4-5H,3,6-7,11H2,1-2H3,(H,12,13). The lowest BCUT2D eigenvalue weighted by Gasteiger charge is -2.06. The van der Waals surface area contributed by atoms with Gasteiger partial charge in [-0.15, -0.1) is 0 Å². The van der Waals surface area contributed by atoms with Gasteiger partial charge < -0.3 is 11.1 Å². The first kappa shape index (κ1) is 9.99. The molecular formula is C10H17N3. The van der Waals surface area contributed by atoms with Crippen LogP contribution in [0.15, 0.2) is 12.1 Å². The number of hydrogen-bond donors (Lipinski definition) is 2. The van der Waals surface area contributed by atoms with Crippen molar-refractivity contribution in [3.63, 3.8) is 0 Å². The molecule has 0 unspecified atom stereocenters. The fraction of sp³-hybridized carbons (Fsp3) is 0.500. The Hall–Kier alpha value is -1.09. The molecule has 1 rings (SSSR count). The number of aromatic nitrogens is 1. The van der Waals surface area contributed by atoms with Gasteiger partial charge in [-0.2, -0.15) is 0 Å². The Labute approximate surface area is 79.4 Å². The summed E-state index contributed by atoms with van der Waals surface area (Å²) >= 11 is 0. The van der Waals surface area contributed by atoms with Crippen LogP contribution in [0.25, 0.3) is 0 Å². The Morgan fingerprint density at radius 3 is 2.77 bits per heavy atom.